The Labute approximate surface area is 119 Å². The van der Waals surface area contributed by atoms with E-state index >= 15 is 0 Å². The van der Waals surface area contributed by atoms with Crippen LogP contribution in [0.15, 0.2) is 24.3 Å². The van der Waals surface area contributed by atoms with Gasteiger partial charge in [0, 0.05) is 45.7 Å². The van der Waals surface area contributed by atoms with Crippen LogP contribution in [0.4, 0.5) is 11.4 Å². The van der Waals surface area contributed by atoms with Gasteiger partial charge in [-0.1, -0.05) is 6.07 Å². The van der Waals surface area contributed by atoms with Crippen LogP contribution < -0.4 is 15.5 Å². The second-order valence-corrected chi connectivity index (χ2v) is 4.50. The zero-order chi connectivity index (χ0) is 15.0. The highest BCUT2D eigenvalue weighted by Gasteiger charge is 2.13. The van der Waals surface area contributed by atoms with E-state index in [0.29, 0.717) is 25.3 Å². The molecule has 2 N–H and O–H groups in total. The molecule has 0 bridgehead atoms. The molecule has 0 unspecified atom stereocenters. The van der Waals surface area contributed by atoms with Crippen molar-refractivity contribution in [3.63, 3.8) is 0 Å². The standard InChI is InChI=1S/C14H21N3O3/c1-17(2)12-7-4-6-11(10-12)16-14(19)13(18)15-8-5-9-20-3/h4,6-7,10H,5,8-9H2,1-3H3,(H,15,18)(H,16,19). The maximum Gasteiger partial charge on any atom is 0.313 e. The predicted octanol–water partition coefficient (Wildman–Crippen LogP) is 0.844. The third kappa shape index (κ3) is 5.27. The van der Waals surface area contributed by atoms with Crippen molar-refractivity contribution in [2.75, 3.05) is 44.6 Å². The number of carbonyl (C=O) groups excluding carboxylic acids is 2. The molecule has 0 saturated heterocycles. The Morgan fingerprint density at radius 2 is 2.00 bits per heavy atom. The number of nitrogens with zero attached hydrogens (tertiary/aromatic N) is 1. The van der Waals surface area contributed by atoms with Gasteiger partial charge in [0.1, 0.15) is 0 Å². The van der Waals surface area contributed by atoms with Crippen LogP contribution in [0.2, 0.25) is 0 Å². The van der Waals surface area contributed by atoms with Crippen LogP contribution in [0.5, 0.6) is 0 Å². The molecule has 0 aliphatic carbocycles. The molecule has 6 heteroatoms. The van der Waals surface area contributed by atoms with Gasteiger partial charge < -0.3 is 20.3 Å². The number of benzene rings is 1. The average Bonchev–Trinajstić information content (AvgIpc) is 2.43. The number of methoxy groups -OCH3 is 1. The van der Waals surface area contributed by atoms with Crippen LogP contribution in [0.1, 0.15) is 6.42 Å². The third-order valence-electron chi connectivity index (χ3n) is 2.64. The molecular weight excluding hydrogens is 258 g/mol. The molecule has 0 atom stereocenters. The number of anilines is 2. The Kier molecular flexibility index (Phi) is 6.52. The normalized spacial score (nSPS) is 9.95. The summed E-state index contributed by atoms with van der Waals surface area (Å²) in [4.78, 5) is 25.2. The Bertz CT molecular complexity index is 461. The largest absolute Gasteiger partial charge is 0.385 e. The highest BCUT2D eigenvalue weighted by molar-refractivity contribution is 6.39. The van der Waals surface area contributed by atoms with Crippen molar-refractivity contribution in [2.45, 2.75) is 6.42 Å². The molecular formula is C14H21N3O3. The van der Waals surface area contributed by atoms with E-state index in [1.807, 2.05) is 31.1 Å². The fraction of sp³-hybridized carbons (Fsp3) is 0.429. The first-order valence-corrected chi connectivity index (χ1v) is 6.40. The van der Waals surface area contributed by atoms with E-state index in [9.17, 15) is 9.59 Å². The number of amides is 2. The van der Waals surface area contributed by atoms with E-state index in [1.54, 1.807) is 19.2 Å². The lowest BCUT2D eigenvalue weighted by atomic mass is 10.2. The van der Waals surface area contributed by atoms with Crippen LogP contribution >= 0.6 is 0 Å². The molecule has 0 fully saturated rings. The molecule has 0 saturated carbocycles. The van der Waals surface area contributed by atoms with Gasteiger partial charge in [-0.2, -0.15) is 0 Å². The first-order valence-electron chi connectivity index (χ1n) is 6.40. The van der Waals surface area contributed by atoms with Gasteiger partial charge in [-0.15, -0.1) is 0 Å². The van der Waals surface area contributed by atoms with Gasteiger partial charge in [-0.05, 0) is 24.6 Å². The summed E-state index contributed by atoms with van der Waals surface area (Å²) < 4.78 is 4.86. The number of hydrogen-bond acceptors (Lipinski definition) is 4. The molecule has 0 aliphatic rings. The zero-order valence-corrected chi connectivity index (χ0v) is 12.1. The number of carbonyl (C=O) groups is 2. The maximum atomic E-state index is 11.7. The van der Waals surface area contributed by atoms with E-state index in [2.05, 4.69) is 10.6 Å². The zero-order valence-electron chi connectivity index (χ0n) is 12.1. The summed E-state index contributed by atoms with van der Waals surface area (Å²) in [7, 11) is 5.40. The highest BCUT2D eigenvalue weighted by atomic mass is 16.5. The number of ether oxygens (including phenoxy) is 1. The van der Waals surface area contributed by atoms with Crippen molar-refractivity contribution in [3.05, 3.63) is 24.3 Å². The smallest absolute Gasteiger partial charge is 0.313 e. The molecule has 1 aromatic carbocycles. The molecule has 0 spiro atoms. The number of hydrogen-bond donors (Lipinski definition) is 2. The minimum absolute atomic E-state index is 0.415. The van der Waals surface area contributed by atoms with Crippen molar-refractivity contribution < 1.29 is 14.3 Å². The minimum Gasteiger partial charge on any atom is -0.385 e. The van der Waals surface area contributed by atoms with Crippen LogP contribution in [0, 0.1) is 0 Å². The average molecular weight is 279 g/mol. The molecule has 0 aliphatic heterocycles. The third-order valence-corrected chi connectivity index (χ3v) is 2.64. The van der Waals surface area contributed by atoms with E-state index in [4.69, 9.17) is 4.74 Å². The van der Waals surface area contributed by atoms with Gasteiger partial charge in [-0.25, -0.2) is 0 Å². The minimum atomic E-state index is -0.668. The van der Waals surface area contributed by atoms with Crippen molar-refractivity contribution in [1.82, 2.24) is 5.32 Å². The summed E-state index contributed by atoms with van der Waals surface area (Å²) in [5.41, 5.74) is 1.54. The van der Waals surface area contributed by atoms with Crippen molar-refractivity contribution >= 4 is 23.2 Å². The van der Waals surface area contributed by atoms with E-state index in [1.165, 1.54) is 0 Å². The molecule has 0 aromatic heterocycles. The van der Waals surface area contributed by atoms with E-state index in [0.717, 1.165) is 5.69 Å². The molecule has 20 heavy (non-hydrogen) atoms. The quantitative estimate of drug-likeness (QED) is 0.598. The summed E-state index contributed by atoms with van der Waals surface area (Å²) in [6.07, 6.45) is 0.672. The summed E-state index contributed by atoms with van der Waals surface area (Å²) in [5.74, 6) is -1.31. The highest BCUT2D eigenvalue weighted by Crippen LogP contribution is 2.16. The molecule has 0 radical (unpaired) electrons. The SMILES string of the molecule is COCCCNC(=O)C(=O)Nc1cccc(N(C)C)c1. The molecule has 1 aromatic rings. The lowest BCUT2D eigenvalue weighted by Crippen LogP contribution is -2.36. The summed E-state index contributed by atoms with van der Waals surface area (Å²) in [5, 5.41) is 5.10. The second kappa shape index (κ2) is 8.16. The van der Waals surface area contributed by atoms with Crippen molar-refractivity contribution in [2.24, 2.45) is 0 Å². The lowest BCUT2D eigenvalue weighted by molar-refractivity contribution is -0.136. The van der Waals surface area contributed by atoms with Gasteiger partial charge >= 0.3 is 11.8 Å². The fourth-order valence-corrected chi connectivity index (χ4v) is 1.55. The van der Waals surface area contributed by atoms with Crippen molar-refractivity contribution in [1.29, 1.82) is 0 Å². The van der Waals surface area contributed by atoms with Crippen molar-refractivity contribution in [3.8, 4) is 0 Å². The first-order chi connectivity index (χ1) is 9.54. The van der Waals surface area contributed by atoms with Gasteiger partial charge in [0.2, 0.25) is 0 Å². The van der Waals surface area contributed by atoms with E-state index in [-0.39, 0.29) is 0 Å². The molecule has 0 heterocycles. The molecule has 2 amide bonds. The second-order valence-electron chi connectivity index (χ2n) is 4.50. The topological polar surface area (TPSA) is 70.7 Å². The Morgan fingerprint density at radius 3 is 2.65 bits per heavy atom. The predicted molar refractivity (Wildman–Crippen MR) is 78.9 cm³/mol. The van der Waals surface area contributed by atoms with Gasteiger partial charge in [0.05, 0.1) is 0 Å². The van der Waals surface area contributed by atoms with Gasteiger partial charge in [0.25, 0.3) is 0 Å². The maximum absolute atomic E-state index is 11.7. The van der Waals surface area contributed by atoms with Crippen LogP contribution in [0.25, 0.3) is 0 Å². The monoisotopic (exact) mass is 279 g/mol. The Morgan fingerprint density at radius 1 is 1.25 bits per heavy atom. The van der Waals surface area contributed by atoms with Crippen LogP contribution in [-0.4, -0.2) is 46.2 Å². The molecule has 1 rings (SSSR count). The fourth-order valence-electron chi connectivity index (χ4n) is 1.55. The van der Waals surface area contributed by atoms with E-state index < -0.39 is 11.8 Å². The first kappa shape index (κ1) is 16.0. The Balaban J connectivity index is 2.49. The number of rotatable bonds is 6. The van der Waals surface area contributed by atoms with Gasteiger partial charge in [-0.3, -0.25) is 9.59 Å². The van der Waals surface area contributed by atoms with Crippen LogP contribution in [-0.2, 0) is 14.3 Å². The summed E-state index contributed by atoms with van der Waals surface area (Å²) >= 11 is 0. The Hall–Kier alpha value is -2.08. The molecule has 6 nitrogen and oxygen atoms in total. The number of nitrogens with one attached hydrogen (secondary N) is 2. The van der Waals surface area contributed by atoms with Gasteiger partial charge in [0.15, 0.2) is 0 Å². The molecule has 110 valence electrons. The summed E-state index contributed by atoms with van der Waals surface area (Å²) in [6, 6.07) is 7.28. The van der Waals surface area contributed by atoms with Crippen LogP contribution in [0.3, 0.4) is 0 Å². The lowest BCUT2D eigenvalue weighted by Gasteiger charge is -2.13. The summed E-state index contributed by atoms with van der Waals surface area (Å²) in [6.45, 7) is 0.963.